The first kappa shape index (κ1) is 22.3. The van der Waals surface area contributed by atoms with E-state index in [1.165, 1.54) is 27.0 Å². The predicted molar refractivity (Wildman–Crippen MR) is 123 cm³/mol. The maximum absolute atomic E-state index is 13.1. The van der Waals surface area contributed by atoms with E-state index >= 15 is 0 Å². The molecule has 4 rings (SSSR count). The average molecular weight is 472 g/mol. The van der Waals surface area contributed by atoms with Crippen molar-refractivity contribution in [2.24, 2.45) is 0 Å². The SMILES string of the molecule is CSc1ccc(C(=O)N2CCN(S(=O)(=O)c3ccc4ccccc4c3)CC2)cc1[N+](=O)[O-]. The monoisotopic (exact) mass is 471 g/mol. The number of amides is 1. The van der Waals surface area contributed by atoms with Gasteiger partial charge in [-0.25, -0.2) is 8.42 Å². The standard InChI is InChI=1S/C22H21N3O5S2/c1-31-21-9-7-18(15-20(21)25(27)28)22(26)23-10-12-24(13-11-23)32(29,30)19-8-6-16-4-2-3-5-17(16)14-19/h2-9,14-15H,10-13H2,1H3. The molecule has 32 heavy (non-hydrogen) atoms. The number of carbonyl (C=O) groups is 1. The number of carbonyl (C=O) groups excluding carboxylic acids is 1. The summed E-state index contributed by atoms with van der Waals surface area (Å²) >= 11 is 1.24. The summed E-state index contributed by atoms with van der Waals surface area (Å²) in [5.74, 6) is -0.344. The van der Waals surface area contributed by atoms with Gasteiger partial charge in [0.25, 0.3) is 11.6 Å². The van der Waals surface area contributed by atoms with Crippen LogP contribution in [0.15, 0.2) is 70.5 Å². The van der Waals surface area contributed by atoms with Crippen LogP contribution in [0.25, 0.3) is 10.8 Å². The number of piperazine rings is 1. The molecule has 0 radical (unpaired) electrons. The molecule has 166 valence electrons. The molecule has 0 aromatic heterocycles. The largest absolute Gasteiger partial charge is 0.336 e. The van der Waals surface area contributed by atoms with Crippen LogP contribution in [-0.4, -0.2) is 60.9 Å². The minimum absolute atomic E-state index is 0.110. The van der Waals surface area contributed by atoms with Gasteiger partial charge in [0, 0.05) is 37.8 Å². The maximum Gasteiger partial charge on any atom is 0.283 e. The molecule has 1 aliphatic rings. The van der Waals surface area contributed by atoms with Crippen LogP contribution in [0, 0.1) is 10.1 Å². The van der Waals surface area contributed by atoms with Crippen molar-refractivity contribution in [2.45, 2.75) is 9.79 Å². The van der Waals surface area contributed by atoms with Crippen molar-refractivity contribution >= 4 is 44.2 Å². The van der Waals surface area contributed by atoms with E-state index in [0.717, 1.165) is 10.8 Å². The summed E-state index contributed by atoms with van der Waals surface area (Å²) in [6.07, 6.45) is 1.74. The lowest BCUT2D eigenvalue weighted by Crippen LogP contribution is -2.50. The van der Waals surface area contributed by atoms with Gasteiger partial charge in [-0.05, 0) is 41.3 Å². The maximum atomic E-state index is 13.1. The molecule has 1 amide bonds. The van der Waals surface area contributed by atoms with E-state index in [0.29, 0.717) is 4.90 Å². The van der Waals surface area contributed by atoms with Crippen LogP contribution >= 0.6 is 11.8 Å². The molecule has 1 fully saturated rings. The zero-order chi connectivity index (χ0) is 22.9. The van der Waals surface area contributed by atoms with Gasteiger partial charge in [-0.3, -0.25) is 14.9 Å². The molecule has 10 heteroatoms. The summed E-state index contributed by atoms with van der Waals surface area (Å²) in [5, 5.41) is 13.1. The Balaban J connectivity index is 1.49. The van der Waals surface area contributed by atoms with Gasteiger partial charge in [-0.15, -0.1) is 11.8 Å². The van der Waals surface area contributed by atoms with E-state index in [1.807, 2.05) is 24.3 Å². The number of hydrogen-bond acceptors (Lipinski definition) is 6. The van der Waals surface area contributed by atoms with Gasteiger partial charge in [0.1, 0.15) is 0 Å². The van der Waals surface area contributed by atoms with E-state index < -0.39 is 14.9 Å². The van der Waals surface area contributed by atoms with Crippen LogP contribution in [0.4, 0.5) is 5.69 Å². The molecular weight excluding hydrogens is 450 g/mol. The number of fused-ring (bicyclic) bond motifs is 1. The van der Waals surface area contributed by atoms with Crippen LogP contribution in [0.1, 0.15) is 10.4 Å². The van der Waals surface area contributed by atoms with Gasteiger partial charge in [0.2, 0.25) is 10.0 Å². The topological polar surface area (TPSA) is 101 Å². The molecule has 1 aliphatic heterocycles. The van der Waals surface area contributed by atoms with Crippen LogP contribution in [-0.2, 0) is 10.0 Å². The van der Waals surface area contributed by atoms with E-state index in [2.05, 4.69) is 0 Å². The highest BCUT2D eigenvalue weighted by Gasteiger charge is 2.31. The number of hydrogen-bond donors (Lipinski definition) is 0. The first-order chi connectivity index (χ1) is 15.3. The summed E-state index contributed by atoms with van der Waals surface area (Å²) in [5.41, 5.74) is 0.112. The number of nitro groups is 1. The molecule has 0 unspecified atom stereocenters. The highest BCUT2D eigenvalue weighted by molar-refractivity contribution is 7.98. The van der Waals surface area contributed by atoms with Gasteiger partial charge in [0.05, 0.1) is 14.7 Å². The molecule has 0 saturated carbocycles. The third-order valence-electron chi connectivity index (χ3n) is 5.51. The summed E-state index contributed by atoms with van der Waals surface area (Å²) in [4.78, 5) is 25.9. The van der Waals surface area contributed by atoms with Crippen molar-refractivity contribution in [2.75, 3.05) is 32.4 Å². The fourth-order valence-corrected chi connectivity index (χ4v) is 5.76. The number of sulfonamides is 1. The first-order valence-corrected chi connectivity index (χ1v) is 12.6. The fraction of sp³-hybridized carbons (Fsp3) is 0.227. The van der Waals surface area contributed by atoms with E-state index in [9.17, 15) is 23.3 Å². The molecular formula is C22H21N3O5S2. The van der Waals surface area contributed by atoms with Gasteiger partial charge in [-0.2, -0.15) is 4.31 Å². The lowest BCUT2D eigenvalue weighted by molar-refractivity contribution is -0.387. The molecule has 0 spiro atoms. The fourth-order valence-electron chi connectivity index (χ4n) is 3.76. The van der Waals surface area contributed by atoms with Gasteiger partial charge in [-0.1, -0.05) is 30.3 Å². The summed E-state index contributed by atoms with van der Waals surface area (Å²) in [7, 11) is -3.69. The van der Waals surface area contributed by atoms with E-state index in [1.54, 1.807) is 36.6 Å². The number of benzene rings is 3. The van der Waals surface area contributed by atoms with Crippen LogP contribution in [0.5, 0.6) is 0 Å². The lowest BCUT2D eigenvalue weighted by atomic mass is 10.1. The molecule has 1 heterocycles. The molecule has 0 N–H and O–H groups in total. The Bertz CT molecular complexity index is 1300. The highest BCUT2D eigenvalue weighted by Crippen LogP contribution is 2.29. The predicted octanol–water partition coefficient (Wildman–Crippen LogP) is 3.62. The summed E-state index contributed by atoms with van der Waals surface area (Å²) in [6.45, 7) is 0.741. The van der Waals surface area contributed by atoms with Crippen molar-refractivity contribution < 1.29 is 18.1 Å². The van der Waals surface area contributed by atoms with Crippen LogP contribution in [0.3, 0.4) is 0 Å². The molecule has 0 bridgehead atoms. The zero-order valence-electron chi connectivity index (χ0n) is 17.3. The second kappa shape index (κ2) is 8.89. The Morgan fingerprint density at radius 1 is 0.969 bits per heavy atom. The Morgan fingerprint density at radius 2 is 1.66 bits per heavy atom. The molecule has 1 saturated heterocycles. The number of rotatable bonds is 5. The number of nitro benzene ring substituents is 1. The minimum Gasteiger partial charge on any atom is -0.336 e. The Labute approximate surface area is 190 Å². The molecule has 3 aromatic rings. The molecule has 0 aliphatic carbocycles. The number of thioether (sulfide) groups is 1. The second-order valence-corrected chi connectivity index (χ2v) is 10.1. The third-order valence-corrected chi connectivity index (χ3v) is 8.19. The van der Waals surface area contributed by atoms with Crippen molar-refractivity contribution in [3.63, 3.8) is 0 Å². The van der Waals surface area contributed by atoms with Gasteiger partial charge < -0.3 is 4.90 Å². The first-order valence-electron chi connectivity index (χ1n) is 9.92. The zero-order valence-corrected chi connectivity index (χ0v) is 18.9. The van der Waals surface area contributed by atoms with E-state index in [-0.39, 0.29) is 48.2 Å². The van der Waals surface area contributed by atoms with E-state index in [4.69, 9.17) is 0 Å². The van der Waals surface area contributed by atoms with Crippen LogP contribution < -0.4 is 0 Å². The summed E-state index contributed by atoms with van der Waals surface area (Å²) in [6, 6.07) is 17.0. The van der Waals surface area contributed by atoms with Crippen LogP contribution in [0.2, 0.25) is 0 Å². The van der Waals surface area contributed by atoms with Crippen molar-refractivity contribution in [3.8, 4) is 0 Å². The normalized spacial score (nSPS) is 15.1. The lowest BCUT2D eigenvalue weighted by Gasteiger charge is -2.34. The quantitative estimate of drug-likeness (QED) is 0.320. The average Bonchev–Trinajstić information content (AvgIpc) is 2.82. The summed E-state index contributed by atoms with van der Waals surface area (Å²) < 4.78 is 27.6. The highest BCUT2D eigenvalue weighted by atomic mass is 32.2. The molecule has 8 nitrogen and oxygen atoms in total. The van der Waals surface area contributed by atoms with Gasteiger partial charge >= 0.3 is 0 Å². The van der Waals surface area contributed by atoms with Crippen molar-refractivity contribution in [1.29, 1.82) is 0 Å². The Hall–Kier alpha value is -2.95. The Kier molecular flexibility index (Phi) is 6.18. The minimum atomic E-state index is -3.69. The third kappa shape index (κ3) is 4.21. The van der Waals surface area contributed by atoms with Crippen molar-refractivity contribution in [3.05, 3.63) is 76.3 Å². The second-order valence-electron chi connectivity index (χ2n) is 7.35. The smallest absolute Gasteiger partial charge is 0.283 e. The Morgan fingerprint density at radius 3 is 2.31 bits per heavy atom. The number of nitrogens with zero attached hydrogens (tertiary/aromatic N) is 3. The van der Waals surface area contributed by atoms with Gasteiger partial charge in [0.15, 0.2) is 0 Å². The van der Waals surface area contributed by atoms with Crippen molar-refractivity contribution in [1.82, 2.24) is 9.21 Å². The molecule has 3 aromatic carbocycles. The molecule has 0 atom stereocenters.